The molecule has 0 bridgehead atoms. The van der Waals surface area contributed by atoms with Crippen molar-refractivity contribution in [2.45, 2.75) is 12.8 Å². The van der Waals surface area contributed by atoms with Gasteiger partial charge in [0.1, 0.15) is 17.0 Å². The van der Waals surface area contributed by atoms with Gasteiger partial charge in [0.05, 0.1) is 28.6 Å². The van der Waals surface area contributed by atoms with Crippen LogP contribution in [0, 0.1) is 11.7 Å². The smallest absolute Gasteiger partial charge is 0.227 e. The highest BCUT2D eigenvalue weighted by Gasteiger charge is 2.29. The lowest BCUT2D eigenvalue weighted by atomic mass is 10.0. The fourth-order valence-corrected chi connectivity index (χ4v) is 4.45. The van der Waals surface area contributed by atoms with E-state index in [9.17, 15) is 4.79 Å². The first-order chi connectivity index (χ1) is 18.1. The van der Waals surface area contributed by atoms with Gasteiger partial charge in [-0.3, -0.25) is 24.8 Å². The van der Waals surface area contributed by atoms with E-state index in [1.54, 1.807) is 43.1 Å². The minimum absolute atomic E-state index is 0.0301. The Morgan fingerprint density at radius 1 is 0.946 bits per heavy atom. The fraction of sp³-hybridized carbons (Fsp3) is 0.111. The molecule has 0 spiro atoms. The Kier molecular flexibility index (Phi) is 4.78. The molecule has 180 valence electrons. The molecule has 0 unspecified atom stereocenters. The summed E-state index contributed by atoms with van der Waals surface area (Å²) in [7, 11) is 0. The summed E-state index contributed by atoms with van der Waals surface area (Å²) in [4.78, 5) is 33.1. The van der Waals surface area contributed by atoms with Crippen molar-refractivity contribution in [3.63, 3.8) is 0 Å². The van der Waals surface area contributed by atoms with Crippen LogP contribution >= 0.6 is 0 Å². The molecule has 6 aromatic rings. The number of nitrogens with zero attached hydrogens (tertiary/aromatic N) is 5. The zero-order chi connectivity index (χ0) is 24.9. The highest BCUT2D eigenvalue weighted by molar-refractivity contribution is 5.98. The number of nitrogens with one attached hydrogen (secondary N) is 3. The standard InChI is InChI=1S/C27H19FN8O/c28-20-11-22-19(10-18(20)16-9-17(13-30-12-16)32-27(37)15-1-2-15)24(36-35-22)26-33-21-5-8-31-23(25(21)34-26)14-3-6-29-7-4-14/h3-13,15H,1-2H2,(H,32,37)(H,33,34)(H,35,36). The normalized spacial score (nSPS) is 13.3. The molecule has 0 aliphatic heterocycles. The lowest BCUT2D eigenvalue weighted by Crippen LogP contribution is -2.13. The largest absolute Gasteiger partial charge is 0.336 e. The molecule has 0 atom stereocenters. The minimum Gasteiger partial charge on any atom is -0.336 e. The van der Waals surface area contributed by atoms with E-state index in [2.05, 4.69) is 35.5 Å². The summed E-state index contributed by atoms with van der Waals surface area (Å²) in [5, 5.41) is 10.9. The fourth-order valence-electron chi connectivity index (χ4n) is 4.45. The van der Waals surface area contributed by atoms with Gasteiger partial charge in [0.25, 0.3) is 0 Å². The summed E-state index contributed by atoms with van der Waals surface area (Å²) in [6.07, 6.45) is 10.1. The number of carbonyl (C=O) groups excluding carboxylic acids is 1. The highest BCUT2D eigenvalue weighted by Crippen LogP contribution is 2.35. The van der Waals surface area contributed by atoms with Gasteiger partial charge in [-0.15, -0.1) is 0 Å². The number of amides is 1. The van der Waals surface area contributed by atoms with E-state index in [1.165, 1.54) is 6.07 Å². The van der Waals surface area contributed by atoms with Crippen LogP contribution in [0.3, 0.4) is 0 Å². The Morgan fingerprint density at radius 2 is 1.81 bits per heavy atom. The van der Waals surface area contributed by atoms with Crippen molar-refractivity contribution in [1.82, 2.24) is 35.1 Å². The molecule has 0 radical (unpaired) electrons. The summed E-state index contributed by atoms with van der Waals surface area (Å²) in [5.41, 5.74) is 5.66. The third kappa shape index (κ3) is 3.79. The van der Waals surface area contributed by atoms with Crippen LogP contribution < -0.4 is 5.32 Å². The number of aromatic nitrogens is 7. The second-order valence-electron chi connectivity index (χ2n) is 9.05. The average Bonchev–Trinajstić information content (AvgIpc) is 3.56. The van der Waals surface area contributed by atoms with Gasteiger partial charge in [0, 0.05) is 58.8 Å². The summed E-state index contributed by atoms with van der Waals surface area (Å²) < 4.78 is 15.2. The molecule has 1 amide bonds. The number of fused-ring (bicyclic) bond motifs is 2. The first-order valence-electron chi connectivity index (χ1n) is 11.8. The van der Waals surface area contributed by atoms with E-state index in [0.29, 0.717) is 44.8 Å². The molecular formula is C27H19FN8O. The molecular weight excluding hydrogens is 471 g/mol. The number of benzene rings is 1. The third-order valence-corrected chi connectivity index (χ3v) is 6.49. The molecule has 7 rings (SSSR count). The lowest BCUT2D eigenvalue weighted by molar-refractivity contribution is -0.117. The Balaban J connectivity index is 1.31. The van der Waals surface area contributed by atoms with E-state index < -0.39 is 5.82 Å². The van der Waals surface area contributed by atoms with Gasteiger partial charge in [0.15, 0.2) is 5.82 Å². The first-order valence-corrected chi connectivity index (χ1v) is 11.8. The Morgan fingerprint density at radius 3 is 2.65 bits per heavy atom. The number of anilines is 1. The number of rotatable bonds is 5. The predicted octanol–water partition coefficient (Wildman–Crippen LogP) is 5.11. The number of carbonyl (C=O) groups is 1. The molecule has 0 saturated heterocycles. The molecule has 1 aliphatic rings. The van der Waals surface area contributed by atoms with Gasteiger partial charge in [-0.05, 0) is 43.2 Å². The van der Waals surface area contributed by atoms with E-state index in [4.69, 9.17) is 4.98 Å². The molecule has 5 heterocycles. The Hall–Kier alpha value is -4.99. The topological polar surface area (TPSA) is 125 Å². The average molecular weight is 491 g/mol. The maximum atomic E-state index is 15.2. The zero-order valence-corrected chi connectivity index (χ0v) is 19.4. The van der Waals surface area contributed by atoms with Crippen LogP contribution in [0.2, 0.25) is 0 Å². The van der Waals surface area contributed by atoms with Crippen LogP contribution in [0.25, 0.3) is 55.8 Å². The predicted molar refractivity (Wildman–Crippen MR) is 137 cm³/mol. The van der Waals surface area contributed by atoms with Crippen molar-refractivity contribution in [2.75, 3.05) is 5.32 Å². The lowest BCUT2D eigenvalue weighted by Gasteiger charge is -2.08. The zero-order valence-electron chi connectivity index (χ0n) is 19.4. The quantitative estimate of drug-likeness (QED) is 0.308. The maximum absolute atomic E-state index is 15.2. The number of H-pyrrole nitrogens is 2. The molecule has 1 saturated carbocycles. The molecule has 1 fully saturated rings. The van der Waals surface area contributed by atoms with Crippen molar-refractivity contribution in [1.29, 1.82) is 0 Å². The van der Waals surface area contributed by atoms with Crippen LogP contribution in [-0.2, 0) is 4.79 Å². The summed E-state index contributed by atoms with van der Waals surface area (Å²) >= 11 is 0. The van der Waals surface area contributed by atoms with Gasteiger partial charge < -0.3 is 10.3 Å². The first kappa shape index (κ1) is 21.3. The number of halogens is 1. The van der Waals surface area contributed by atoms with E-state index >= 15 is 4.39 Å². The Labute approximate surface area is 209 Å². The van der Waals surface area contributed by atoms with Crippen LogP contribution in [-0.4, -0.2) is 41.0 Å². The second-order valence-corrected chi connectivity index (χ2v) is 9.05. The van der Waals surface area contributed by atoms with Gasteiger partial charge in [0.2, 0.25) is 5.91 Å². The summed E-state index contributed by atoms with van der Waals surface area (Å²) in [6.45, 7) is 0. The van der Waals surface area contributed by atoms with Gasteiger partial charge >= 0.3 is 0 Å². The van der Waals surface area contributed by atoms with Crippen LogP contribution in [0.15, 0.2) is 67.4 Å². The SMILES string of the molecule is O=C(Nc1cncc(-c2cc3c(-c4nc5c(-c6ccncc6)nccc5[nH]4)n[nH]c3cc2F)c1)C1CC1. The van der Waals surface area contributed by atoms with E-state index in [-0.39, 0.29) is 11.8 Å². The number of pyridine rings is 3. The number of aromatic amines is 2. The van der Waals surface area contributed by atoms with Crippen molar-refractivity contribution in [2.24, 2.45) is 5.92 Å². The molecule has 10 heteroatoms. The highest BCUT2D eigenvalue weighted by atomic mass is 19.1. The Bertz CT molecular complexity index is 1810. The number of hydrogen-bond donors (Lipinski definition) is 3. The molecule has 37 heavy (non-hydrogen) atoms. The van der Waals surface area contributed by atoms with E-state index in [1.807, 2.05) is 18.2 Å². The van der Waals surface area contributed by atoms with Crippen molar-refractivity contribution in [3.05, 3.63) is 73.2 Å². The monoisotopic (exact) mass is 490 g/mol. The number of imidazole rings is 1. The van der Waals surface area contributed by atoms with Gasteiger partial charge in [-0.1, -0.05) is 0 Å². The molecule has 9 nitrogen and oxygen atoms in total. The number of hydrogen-bond acceptors (Lipinski definition) is 6. The van der Waals surface area contributed by atoms with Crippen LogP contribution in [0.5, 0.6) is 0 Å². The van der Waals surface area contributed by atoms with E-state index in [0.717, 1.165) is 29.6 Å². The van der Waals surface area contributed by atoms with Crippen LogP contribution in [0.4, 0.5) is 10.1 Å². The molecule has 5 aromatic heterocycles. The molecule has 1 aliphatic carbocycles. The minimum atomic E-state index is -0.427. The second kappa shape index (κ2) is 8.30. The maximum Gasteiger partial charge on any atom is 0.227 e. The van der Waals surface area contributed by atoms with Gasteiger partial charge in [-0.2, -0.15) is 5.10 Å². The van der Waals surface area contributed by atoms with Crippen molar-refractivity contribution < 1.29 is 9.18 Å². The summed E-state index contributed by atoms with van der Waals surface area (Å²) in [5.74, 6) is 0.135. The molecule has 3 N–H and O–H groups in total. The summed E-state index contributed by atoms with van der Waals surface area (Å²) in [6, 6.07) is 10.5. The van der Waals surface area contributed by atoms with Crippen LogP contribution in [0.1, 0.15) is 12.8 Å². The van der Waals surface area contributed by atoms with Crippen molar-refractivity contribution in [3.8, 4) is 33.9 Å². The molecule has 1 aromatic carbocycles. The van der Waals surface area contributed by atoms with Gasteiger partial charge in [-0.25, -0.2) is 9.37 Å². The third-order valence-electron chi connectivity index (χ3n) is 6.49. The van der Waals surface area contributed by atoms with Crippen molar-refractivity contribution >= 4 is 33.5 Å².